The quantitative estimate of drug-likeness (QED) is 0.746. The molecule has 3 nitrogen and oxygen atoms in total. The van der Waals surface area contributed by atoms with Crippen LogP contribution in [0.2, 0.25) is 8.67 Å². The molecule has 0 saturated heterocycles. The molecule has 20 heavy (non-hydrogen) atoms. The van der Waals surface area contributed by atoms with Crippen LogP contribution < -0.4 is 5.73 Å². The molecule has 0 fully saturated rings. The molecule has 2 rings (SSSR count). The molecule has 0 unspecified atom stereocenters. The summed E-state index contributed by atoms with van der Waals surface area (Å²) in [6.45, 7) is 5.43. The van der Waals surface area contributed by atoms with Gasteiger partial charge in [0.05, 0.1) is 10.0 Å². The average molecular weight is 350 g/mol. The Balaban J connectivity index is 2.35. The number of carbonyl (C=O) groups is 1. The van der Waals surface area contributed by atoms with Gasteiger partial charge in [0.25, 0.3) is 0 Å². The van der Waals surface area contributed by atoms with Crippen molar-refractivity contribution in [2.24, 2.45) is 0 Å². The largest absolute Gasteiger partial charge is 0.456 e. The molecular formula is C13H13Cl2NO2S2. The van der Waals surface area contributed by atoms with Crippen molar-refractivity contribution in [3.05, 3.63) is 25.7 Å². The molecule has 0 aliphatic rings. The third kappa shape index (κ3) is 3.47. The summed E-state index contributed by atoms with van der Waals surface area (Å²) in [5.41, 5.74) is 6.51. The van der Waals surface area contributed by atoms with Crippen LogP contribution in [0.3, 0.4) is 0 Å². The van der Waals surface area contributed by atoms with E-state index in [1.54, 1.807) is 12.1 Å². The van der Waals surface area contributed by atoms with Gasteiger partial charge in [-0.15, -0.1) is 22.7 Å². The first-order chi connectivity index (χ1) is 9.17. The standard InChI is InChI=1S/C13H13Cl2NO2S2/c1-13(2,3)18-12(17)10-7(16)5-8(19-10)6-4-9(14)20-11(6)15/h4-5H,16H2,1-3H3. The summed E-state index contributed by atoms with van der Waals surface area (Å²) < 4.78 is 6.49. The molecule has 2 N–H and O–H groups in total. The monoisotopic (exact) mass is 349 g/mol. The minimum atomic E-state index is -0.559. The summed E-state index contributed by atoms with van der Waals surface area (Å²) >= 11 is 14.6. The van der Waals surface area contributed by atoms with Crippen molar-refractivity contribution in [3.8, 4) is 10.4 Å². The van der Waals surface area contributed by atoms with Crippen molar-refractivity contribution in [1.29, 1.82) is 0 Å². The number of nitrogens with two attached hydrogens (primary N) is 1. The van der Waals surface area contributed by atoms with Gasteiger partial charge in [0, 0.05) is 10.4 Å². The normalized spacial score (nSPS) is 11.7. The lowest BCUT2D eigenvalue weighted by atomic mass is 10.2. The van der Waals surface area contributed by atoms with Gasteiger partial charge in [-0.25, -0.2) is 4.79 Å². The first-order valence-corrected chi connectivity index (χ1v) is 8.14. The summed E-state index contributed by atoms with van der Waals surface area (Å²) in [5.74, 6) is -0.427. The smallest absolute Gasteiger partial charge is 0.350 e. The van der Waals surface area contributed by atoms with E-state index in [1.807, 2.05) is 20.8 Å². The molecule has 2 heterocycles. The van der Waals surface area contributed by atoms with Crippen LogP contribution in [0.4, 0.5) is 5.69 Å². The van der Waals surface area contributed by atoms with Gasteiger partial charge >= 0.3 is 5.97 Å². The molecule has 0 bridgehead atoms. The second kappa shape index (κ2) is 5.56. The SMILES string of the molecule is CC(C)(C)OC(=O)c1sc(-c2cc(Cl)sc2Cl)cc1N. The zero-order chi connectivity index (χ0) is 15.1. The highest BCUT2D eigenvalue weighted by Crippen LogP contribution is 2.43. The zero-order valence-corrected chi connectivity index (χ0v) is 14.3. The van der Waals surface area contributed by atoms with Crippen molar-refractivity contribution in [2.45, 2.75) is 26.4 Å². The van der Waals surface area contributed by atoms with Gasteiger partial charge in [-0.2, -0.15) is 0 Å². The molecule has 0 aliphatic heterocycles. The maximum atomic E-state index is 12.1. The fourth-order valence-corrected chi connectivity index (χ4v) is 4.12. The lowest BCUT2D eigenvalue weighted by Crippen LogP contribution is -2.23. The molecule has 2 aromatic heterocycles. The Morgan fingerprint density at radius 1 is 1.25 bits per heavy atom. The molecule has 0 saturated carbocycles. The van der Waals surface area contributed by atoms with E-state index in [-0.39, 0.29) is 0 Å². The van der Waals surface area contributed by atoms with Gasteiger partial charge in [0.1, 0.15) is 14.8 Å². The lowest BCUT2D eigenvalue weighted by Gasteiger charge is -2.18. The summed E-state index contributed by atoms with van der Waals surface area (Å²) in [4.78, 5) is 13.3. The fraction of sp³-hybridized carbons (Fsp3) is 0.308. The molecule has 2 aromatic rings. The Bertz CT molecular complexity index is 656. The van der Waals surface area contributed by atoms with E-state index >= 15 is 0 Å². The summed E-state index contributed by atoms with van der Waals surface area (Å²) in [5, 5.41) is 0. The van der Waals surface area contributed by atoms with Gasteiger partial charge in [0.15, 0.2) is 0 Å². The van der Waals surface area contributed by atoms with Gasteiger partial charge in [-0.3, -0.25) is 0 Å². The molecule has 0 radical (unpaired) electrons. The highest BCUT2D eigenvalue weighted by molar-refractivity contribution is 7.22. The Hall–Kier alpha value is -0.750. The summed E-state index contributed by atoms with van der Waals surface area (Å²) in [6.07, 6.45) is 0. The van der Waals surface area contributed by atoms with E-state index in [4.69, 9.17) is 33.7 Å². The number of anilines is 1. The van der Waals surface area contributed by atoms with Crippen molar-refractivity contribution >= 4 is 57.5 Å². The van der Waals surface area contributed by atoms with E-state index in [1.165, 1.54) is 22.7 Å². The predicted octanol–water partition coefficient (Wildman–Crippen LogP) is 5.32. The Morgan fingerprint density at radius 2 is 1.90 bits per heavy atom. The summed E-state index contributed by atoms with van der Waals surface area (Å²) in [6, 6.07) is 3.48. The van der Waals surface area contributed by atoms with Gasteiger partial charge in [-0.1, -0.05) is 23.2 Å². The minimum absolute atomic E-state index is 0.383. The van der Waals surface area contributed by atoms with E-state index in [9.17, 15) is 4.79 Å². The van der Waals surface area contributed by atoms with E-state index in [0.717, 1.165) is 10.4 Å². The van der Waals surface area contributed by atoms with Crippen molar-refractivity contribution < 1.29 is 9.53 Å². The number of carbonyl (C=O) groups excluding carboxylic acids is 1. The average Bonchev–Trinajstić information content (AvgIpc) is 2.79. The molecule has 7 heteroatoms. The molecular weight excluding hydrogens is 337 g/mol. The molecule has 0 atom stereocenters. The number of ether oxygens (including phenoxy) is 1. The maximum absolute atomic E-state index is 12.1. The van der Waals surface area contributed by atoms with Crippen LogP contribution >= 0.6 is 45.9 Å². The van der Waals surface area contributed by atoms with E-state index in [2.05, 4.69) is 0 Å². The van der Waals surface area contributed by atoms with Crippen LogP contribution in [0.1, 0.15) is 30.4 Å². The second-order valence-corrected chi connectivity index (χ2v) is 8.47. The maximum Gasteiger partial charge on any atom is 0.350 e. The second-order valence-electron chi connectivity index (χ2n) is 5.13. The third-order valence-corrected chi connectivity index (χ3v) is 4.92. The Morgan fingerprint density at radius 3 is 2.40 bits per heavy atom. The van der Waals surface area contributed by atoms with E-state index in [0.29, 0.717) is 19.2 Å². The molecule has 0 aliphatic carbocycles. The Labute approximate surface area is 135 Å². The molecule has 108 valence electrons. The number of esters is 1. The number of thiophene rings is 2. The van der Waals surface area contributed by atoms with Crippen LogP contribution in [0.25, 0.3) is 10.4 Å². The van der Waals surface area contributed by atoms with Crippen molar-refractivity contribution in [1.82, 2.24) is 0 Å². The highest BCUT2D eigenvalue weighted by atomic mass is 35.5. The Kier molecular flexibility index (Phi) is 4.35. The first-order valence-electron chi connectivity index (χ1n) is 5.75. The van der Waals surface area contributed by atoms with Crippen LogP contribution in [-0.4, -0.2) is 11.6 Å². The summed E-state index contributed by atoms with van der Waals surface area (Å²) in [7, 11) is 0. The number of hydrogen-bond donors (Lipinski definition) is 1. The number of hydrogen-bond acceptors (Lipinski definition) is 5. The van der Waals surface area contributed by atoms with Crippen LogP contribution in [0.5, 0.6) is 0 Å². The molecule has 0 amide bonds. The van der Waals surface area contributed by atoms with Crippen LogP contribution in [0.15, 0.2) is 12.1 Å². The third-order valence-electron chi connectivity index (χ3n) is 2.27. The van der Waals surface area contributed by atoms with Gasteiger partial charge < -0.3 is 10.5 Å². The van der Waals surface area contributed by atoms with Crippen molar-refractivity contribution in [2.75, 3.05) is 5.73 Å². The lowest BCUT2D eigenvalue weighted by molar-refractivity contribution is 0.00764. The molecule has 0 spiro atoms. The predicted molar refractivity (Wildman–Crippen MR) is 87.2 cm³/mol. The topological polar surface area (TPSA) is 52.3 Å². The zero-order valence-electron chi connectivity index (χ0n) is 11.1. The number of rotatable bonds is 2. The van der Waals surface area contributed by atoms with Gasteiger partial charge in [0.2, 0.25) is 0 Å². The molecule has 0 aromatic carbocycles. The fourth-order valence-electron chi connectivity index (χ4n) is 1.53. The highest BCUT2D eigenvalue weighted by Gasteiger charge is 2.23. The first kappa shape index (κ1) is 15.6. The van der Waals surface area contributed by atoms with E-state index < -0.39 is 11.6 Å². The minimum Gasteiger partial charge on any atom is -0.456 e. The van der Waals surface area contributed by atoms with Crippen molar-refractivity contribution in [3.63, 3.8) is 0 Å². The van der Waals surface area contributed by atoms with Gasteiger partial charge in [-0.05, 0) is 32.9 Å². The van der Waals surface area contributed by atoms with Crippen LogP contribution in [-0.2, 0) is 4.74 Å². The number of halogens is 2. The van der Waals surface area contributed by atoms with Crippen LogP contribution in [0, 0.1) is 0 Å². The number of nitrogen functional groups attached to an aromatic ring is 1.